The minimum Gasteiger partial charge on any atom is -1.00 e. The molecule has 3 atom stereocenters. The standard InChI is InChI=1S/C43H69N15O7.ClH/c1-5-8-11-34-31-57(51-49-34)36(12-9-10-15-44)39(61)53-17-21-55(22-18-53)42-46-41(45-16-26-64-28-30-65-29-27-63-25-6-2)47-43(48-42)56-23-19-54(20-24-56)40(62)38(33(4)7-3)58-32-35(50-52-58)13-14-37(59)60;/h2,31-33,36,38H,5,7-30,44H2,1,3-4H3,(H,59,60)(H,45,46,47,48);1H/t33-,36-,38-;/m0./s1. The predicted octanol–water partition coefficient (Wildman–Crippen LogP) is -2.25. The van der Waals surface area contributed by atoms with Gasteiger partial charge in [0.2, 0.25) is 29.7 Å². The van der Waals surface area contributed by atoms with E-state index in [0.717, 1.165) is 50.8 Å². The zero-order valence-electron chi connectivity index (χ0n) is 38.9. The van der Waals surface area contributed by atoms with Crippen LogP contribution in [0.3, 0.4) is 0 Å². The van der Waals surface area contributed by atoms with Crippen LogP contribution in [0.5, 0.6) is 0 Å². The number of piperazine rings is 2. The van der Waals surface area contributed by atoms with Gasteiger partial charge in [-0.05, 0) is 38.0 Å². The molecule has 3 aromatic heterocycles. The van der Waals surface area contributed by atoms with Crippen molar-refractivity contribution in [1.82, 2.24) is 54.7 Å². The predicted molar refractivity (Wildman–Crippen MR) is 241 cm³/mol. The average molecular weight is 945 g/mol. The molecule has 0 aliphatic carbocycles. The van der Waals surface area contributed by atoms with Gasteiger partial charge in [-0.2, -0.15) is 15.0 Å². The Hall–Kier alpha value is -5.21. The van der Waals surface area contributed by atoms with Gasteiger partial charge in [0.25, 0.3) is 0 Å². The molecule has 5 N–H and O–H groups in total. The number of carboxylic acid groups (broad SMARTS) is 1. The molecule has 5 rings (SSSR count). The summed E-state index contributed by atoms with van der Waals surface area (Å²) in [4.78, 5) is 61.9. The number of halogens is 1. The zero-order valence-corrected chi connectivity index (χ0v) is 39.7. The lowest BCUT2D eigenvalue weighted by Gasteiger charge is -2.38. The molecule has 2 aliphatic heterocycles. The number of aliphatic carboxylic acids is 1. The maximum Gasteiger partial charge on any atom is 0.303 e. The van der Waals surface area contributed by atoms with Crippen LogP contribution in [0.25, 0.3) is 0 Å². The first-order valence-electron chi connectivity index (χ1n) is 23.2. The van der Waals surface area contributed by atoms with Crippen LogP contribution in [0.15, 0.2) is 12.4 Å². The Labute approximate surface area is 394 Å². The molecule has 0 unspecified atom stereocenters. The number of ether oxygens (including phenoxy) is 3. The van der Waals surface area contributed by atoms with Crippen LogP contribution in [0.1, 0.15) is 89.2 Å². The normalized spacial score (nSPS) is 15.5. The largest absolute Gasteiger partial charge is 1.00 e. The summed E-state index contributed by atoms with van der Waals surface area (Å²) in [6, 6.07) is -1.01. The maximum absolute atomic E-state index is 14.1. The number of carboxylic acids is 1. The van der Waals surface area contributed by atoms with Gasteiger partial charge >= 0.3 is 5.97 Å². The summed E-state index contributed by atoms with van der Waals surface area (Å²) in [6.07, 6.45) is 15.1. The highest BCUT2D eigenvalue weighted by molar-refractivity contribution is 5.81. The molecule has 22 nitrogen and oxygen atoms in total. The number of aromatic nitrogens is 9. The van der Waals surface area contributed by atoms with Gasteiger partial charge < -0.3 is 62.4 Å². The lowest BCUT2D eigenvalue weighted by Crippen LogP contribution is -3.00. The van der Waals surface area contributed by atoms with Gasteiger partial charge in [-0.15, -0.1) is 16.6 Å². The summed E-state index contributed by atoms with van der Waals surface area (Å²) in [7, 11) is 0. The van der Waals surface area contributed by atoms with Gasteiger partial charge in [-0.3, -0.25) is 14.4 Å². The van der Waals surface area contributed by atoms with Crippen molar-refractivity contribution in [2.75, 3.05) is 120 Å². The number of rotatable bonds is 29. The number of quaternary nitrogens is 1. The smallest absolute Gasteiger partial charge is 0.303 e. The Morgan fingerprint density at radius 1 is 0.788 bits per heavy atom. The first-order valence-corrected chi connectivity index (χ1v) is 23.2. The average Bonchev–Trinajstić information content (AvgIpc) is 4.00. The second kappa shape index (κ2) is 28.7. The highest BCUT2D eigenvalue weighted by atomic mass is 35.5. The highest BCUT2D eigenvalue weighted by Crippen LogP contribution is 2.26. The first kappa shape index (κ1) is 53.4. The molecule has 0 aromatic carbocycles. The van der Waals surface area contributed by atoms with Gasteiger partial charge in [-0.25, -0.2) is 9.36 Å². The van der Waals surface area contributed by atoms with E-state index >= 15 is 0 Å². The first-order chi connectivity index (χ1) is 31.6. The zero-order chi connectivity index (χ0) is 46.4. The molecule has 0 spiro atoms. The van der Waals surface area contributed by atoms with E-state index < -0.39 is 18.1 Å². The quantitative estimate of drug-likeness (QED) is 0.0491. The number of unbranched alkanes of at least 4 members (excludes halogenated alkanes) is 2. The minimum absolute atomic E-state index is 0. The van der Waals surface area contributed by atoms with Crippen LogP contribution in [-0.4, -0.2) is 183 Å². The molecule has 0 bridgehead atoms. The fourth-order valence-corrected chi connectivity index (χ4v) is 7.63. The number of amides is 2. The lowest BCUT2D eigenvalue weighted by atomic mass is 9.97. The number of hydrogen-bond donors (Lipinski definition) is 3. The molecule has 23 heteroatoms. The summed E-state index contributed by atoms with van der Waals surface area (Å²) in [5, 5.41) is 29.6. The summed E-state index contributed by atoms with van der Waals surface area (Å²) >= 11 is 0. The molecule has 5 heterocycles. The van der Waals surface area contributed by atoms with E-state index in [2.05, 4.69) is 54.3 Å². The van der Waals surface area contributed by atoms with E-state index in [1.54, 1.807) is 15.6 Å². The number of hydrogen-bond acceptors (Lipinski definition) is 16. The molecule has 2 aliphatic rings. The van der Waals surface area contributed by atoms with Crippen LogP contribution in [0.2, 0.25) is 0 Å². The van der Waals surface area contributed by atoms with E-state index in [1.165, 1.54) is 0 Å². The van der Waals surface area contributed by atoms with E-state index in [0.29, 0.717) is 122 Å². The van der Waals surface area contributed by atoms with Crippen molar-refractivity contribution in [2.24, 2.45) is 5.92 Å². The van der Waals surface area contributed by atoms with E-state index in [9.17, 15) is 14.4 Å². The Balaban J connectivity index is 0.00000952. The lowest BCUT2D eigenvalue weighted by molar-refractivity contribution is -0.368. The number of aryl methyl sites for hydroxylation is 2. The van der Waals surface area contributed by atoms with Crippen molar-refractivity contribution in [1.29, 1.82) is 0 Å². The molecule has 366 valence electrons. The molecule has 2 amide bonds. The number of terminal acetylenes is 1. The topological polar surface area (TPSA) is 252 Å². The second-order valence-electron chi connectivity index (χ2n) is 16.4. The number of nitrogens with zero attached hydrogens (tertiary/aromatic N) is 13. The van der Waals surface area contributed by atoms with Gasteiger partial charge in [-0.1, -0.05) is 50.0 Å². The molecule has 2 saturated heterocycles. The Kier molecular flexibility index (Phi) is 23.3. The van der Waals surface area contributed by atoms with Crippen molar-refractivity contribution in [3.63, 3.8) is 0 Å². The molecule has 0 saturated carbocycles. The van der Waals surface area contributed by atoms with E-state index in [1.807, 2.05) is 29.8 Å². The van der Waals surface area contributed by atoms with Crippen LogP contribution < -0.4 is 33.3 Å². The number of anilines is 3. The van der Waals surface area contributed by atoms with E-state index in [-0.39, 0.29) is 49.6 Å². The van der Waals surface area contributed by atoms with Crippen LogP contribution >= 0.6 is 0 Å². The summed E-state index contributed by atoms with van der Waals surface area (Å²) in [6.45, 7) is 13.6. The summed E-state index contributed by atoms with van der Waals surface area (Å²) in [5.74, 6) is 2.82. The second-order valence-corrected chi connectivity index (χ2v) is 16.4. The molecule has 2 fully saturated rings. The van der Waals surface area contributed by atoms with Crippen molar-refractivity contribution in [2.45, 2.75) is 90.6 Å². The summed E-state index contributed by atoms with van der Waals surface area (Å²) < 4.78 is 19.9. The monoisotopic (exact) mass is 944 g/mol. The van der Waals surface area contributed by atoms with Crippen LogP contribution in [-0.2, 0) is 41.4 Å². The number of carbonyl (C=O) groups is 3. The van der Waals surface area contributed by atoms with Gasteiger partial charge in [0.05, 0.1) is 57.4 Å². The molecular weight excluding hydrogens is 874 g/mol. The third-order valence-electron chi connectivity index (χ3n) is 11.6. The third-order valence-corrected chi connectivity index (χ3v) is 11.6. The number of carbonyl (C=O) groups excluding carboxylic acids is 2. The van der Waals surface area contributed by atoms with Crippen LogP contribution in [0.4, 0.5) is 17.8 Å². The van der Waals surface area contributed by atoms with Gasteiger partial charge in [0, 0.05) is 77.7 Å². The maximum atomic E-state index is 14.1. The summed E-state index contributed by atoms with van der Waals surface area (Å²) in [5.41, 5.74) is 5.42. The fraction of sp³-hybridized carbons (Fsp3) is 0.721. The molecule has 3 aromatic rings. The third kappa shape index (κ3) is 16.3. The molecular formula is C43H70ClN15O7. The Bertz CT molecular complexity index is 1950. The number of nitrogens with one attached hydrogen (secondary N) is 1. The van der Waals surface area contributed by atoms with Crippen molar-refractivity contribution in [3.05, 3.63) is 23.8 Å². The highest BCUT2D eigenvalue weighted by Gasteiger charge is 2.35. The van der Waals surface area contributed by atoms with Gasteiger partial charge in [0.1, 0.15) is 18.7 Å². The van der Waals surface area contributed by atoms with Crippen molar-refractivity contribution in [3.8, 4) is 12.3 Å². The van der Waals surface area contributed by atoms with Crippen LogP contribution in [0, 0.1) is 18.3 Å². The molecule has 0 radical (unpaired) electrons. The van der Waals surface area contributed by atoms with Crippen molar-refractivity contribution < 1.29 is 51.8 Å². The molecule has 66 heavy (non-hydrogen) atoms. The minimum atomic E-state index is -0.916. The SMILES string of the molecule is C#CCOCCOCCOCCNc1nc(N2CCN(C(=O)[C@H]([C@@H](C)CC)n3cc(CCC(=O)O)nn3)CC2)nc(N2CCN(C(=O)[C@H](CCCC[NH3+])n3cc(CCCC)nn3)CC2)n1.[Cl-]. The van der Waals surface area contributed by atoms with Gasteiger partial charge in [0.15, 0.2) is 0 Å². The Morgan fingerprint density at radius 2 is 1.36 bits per heavy atom. The Morgan fingerprint density at radius 3 is 1.95 bits per heavy atom. The van der Waals surface area contributed by atoms with E-state index in [4.69, 9.17) is 40.7 Å². The fourth-order valence-electron chi connectivity index (χ4n) is 7.63. The van der Waals surface area contributed by atoms with Crippen molar-refractivity contribution >= 4 is 35.6 Å².